The van der Waals surface area contributed by atoms with Crippen molar-refractivity contribution in [1.82, 2.24) is 4.90 Å². The molecule has 0 aliphatic carbocycles. The summed E-state index contributed by atoms with van der Waals surface area (Å²) in [6.45, 7) is 6.36. The van der Waals surface area contributed by atoms with Crippen molar-refractivity contribution in [2.75, 3.05) is 18.8 Å². The predicted molar refractivity (Wildman–Crippen MR) is 103 cm³/mol. The van der Waals surface area contributed by atoms with E-state index in [-0.39, 0.29) is 12.2 Å². The molecule has 5 nitrogen and oxygen atoms in total. The van der Waals surface area contributed by atoms with E-state index in [2.05, 4.69) is 0 Å². The molecular formula is C21H24F2N2O3. The second-order valence-electron chi connectivity index (χ2n) is 7.84. The Labute approximate surface area is 163 Å². The zero-order chi connectivity index (χ0) is 20.5. The van der Waals surface area contributed by atoms with Crippen LogP contribution in [0.2, 0.25) is 0 Å². The van der Waals surface area contributed by atoms with Gasteiger partial charge in [0, 0.05) is 24.2 Å². The summed E-state index contributed by atoms with van der Waals surface area (Å²) in [5.41, 5.74) is 6.81. The van der Waals surface area contributed by atoms with Gasteiger partial charge in [-0.15, -0.1) is 0 Å². The second kappa shape index (κ2) is 7.66. The first-order valence-electron chi connectivity index (χ1n) is 9.12. The zero-order valence-corrected chi connectivity index (χ0v) is 16.2. The van der Waals surface area contributed by atoms with Crippen LogP contribution in [0.1, 0.15) is 27.2 Å². The van der Waals surface area contributed by atoms with E-state index in [0.29, 0.717) is 42.1 Å². The van der Waals surface area contributed by atoms with Gasteiger partial charge in [0.05, 0.1) is 6.54 Å². The number of nitrogen functional groups attached to an aromatic ring is 1. The van der Waals surface area contributed by atoms with Crippen LogP contribution in [0.4, 0.5) is 19.3 Å². The van der Waals surface area contributed by atoms with Crippen LogP contribution in [0.3, 0.4) is 0 Å². The quantitative estimate of drug-likeness (QED) is 0.778. The Morgan fingerprint density at radius 1 is 1.14 bits per heavy atom. The maximum Gasteiger partial charge on any atom is 0.410 e. The average molecular weight is 390 g/mol. The topological polar surface area (TPSA) is 64.8 Å². The minimum absolute atomic E-state index is 0.236. The molecule has 28 heavy (non-hydrogen) atoms. The lowest BCUT2D eigenvalue weighted by Crippen LogP contribution is -2.36. The van der Waals surface area contributed by atoms with Gasteiger partial charge in [-0.1, -0.05) is 6.07 Å². The lowest BCUT2D eigenvalue weighted by Gasteiger charge is -2.24. The van der Waals surface area contributed by atoms with Crippen molar-refractivity contribution in [3.63, 3.8) is 0 Å². The third kappa shape index (κ3) is 4.71. The average Bonchev–Trinajstić information content (AvgIpc) is 3.06. The standard InChI is InChI=1S/C21H24F2N2O3/c1-21(2,3)28-20(26)25-9-8-15(12-25)27-19-7-5-14(24)11-16(19)13-4-6-17(22)18(23)10-13/h4-7,10-11,15H,8-9,12,24H2,1-3H3/t15-/m0/s1. The molecule has 1 heterocycles. The molecule has 2 aromatic carbocycles. The molecule has 7 heteroatoms. The summed E-state index contributed by atoms with van der Waals surface area (Å²) in [5.74, 6) is -1.36. The summed E-state index contributed by atoms with van der Waals surface area (Å²) >= 11 is 0. The van der Waals surface area contributed by atoms with E-state index >= 15 is 0 Å². The first kappa shape index (κ1) is 19.9. The molecule has 1 aliphatic heterocycles. The van der Waals surface area contributed by atoms with Crippen molar-refractivity contribution in [1.29, 1.82) is 0 Å². The first-order chi connectivity index (χ1) is 13.1. The van der Waals surface area contributed by atoms with Crippen molar-refractivity contribution < 1.29 is 23.0 Å². The number of anilines is 1. The number of likely N-dealkylation sites (tertiary alicyclic amines) is 1. The van der Waals surface area contributed by atoms with Crippen molar-refractivity contribution in [3.8, 4) is 16.9 Å². The molecule has 0 radical (unpaired) electrons. The molecule has 3 rings (SSSR count). The van der Waals surface area contributed by atoms with E-state index in [0.717, 1.165) is 12.1 Å². The number of nitrogens with two attached hydrogens (primary N) is 1. The Hall–Kier alpha value is -2.83. The highest BCUT2D eigenvalue weighted by atomic mass is 19.2. The maximum atomic E-state index is 13.7. The van der Waals surface area contributed by atoms with Crippen LogP contribution in [0.5, 0.6) is 5.75 Å². The van der Waals surface area contributed by atoms with Crippen LogP contribution in [0, 0.1) is 11.6 Å². The third-order valence-electron chi connectivity index (χ3n) is 4.32. The smallest absolute Gasteiger partial charge is 0.410 e. The summed E-state index contributed by atoms with van der Waals surface area (Å²) in [5, 5.41) is 0. The molecule has 1 saturated heterocycles. The molecule has 0 unspecified atom stereocenters. The van der Waals surface area contributed by atoms with Crippen molar-refractivity contribution in [2.24, 2.45) is 0 Å². The number of hydrogen-bond acceptors (Lipinski definition) is 4. The Balaban J connectivity index is 1.76. The number of ether oxygens (including phenoxy) is 2. The van der Waals surface area contributed by atoms with Gasteiger partial charge in [0.1, 0.15) is 17.5 Å². The van der Waals surface area contributed by atoms with Gasteiger partial charge in [-0.25, -0.2) is 13.6 Å². The lowest BCUT2D eigenvalue weighted by atomic mass is 10.0. The molecule has 1 atom stereocenters. The molecule has 0 bridgehead atoms. The molecule has 0 saturated carbocycles. The van der Waals surface area contributed by atoms with Crippen LogP contribution in [0.15, 0.2) is 36.4 Å². The summed E-state index contributed by atoms with van der Waals surface area (Å²) in [4.78, 5) is 13.8. The summed E-state index contributed by atoms with van der Waals surface area (Å²) < 4.78 is 38.4. The molecule has 1 aliphatic rings. The Morgan fingerprint density at radius 2 is 1.89 bits per heavy atom. The Bertz CT molecular complexity index is 880. The number of carbonyl (C=O) groups excluding carboxylic acids is 1. The monoisotopic (exact) mass is 390 g/mol. The van der Waals surface area contributed by atoms with Gasteiger partial charge in [-0.3, -0.25) is 0 Å². The number of benzene rings is 2. The summed E-state index contributed by atoms with van der Waals surface area (Å²) in [6, 6.07) is 8.68. The van der Waals surface area contributed by atoms with E-state index in [1.807, 2.05) is 20.8 Å². The minimum Gasteiger partial charge on any atom is -0.488 e. The minimum atomic E-state index is -0.942. The molecule has 1 amide bonds. The predicted octanol–water partition coefficient (Wildman–Crippen LogP) is 4.60. The lowest BCUT2D eigenvalue weighted by molar-refractivity contribution is 0.0276. The fraction of sp³-hybridized carbons (Fsp3) is 0.381. The maximum absolute atomic E-state index is 13.7. The molecule has 2 N–H and O–H groups in total. The fourth-order valence-electron chi connectivity index (χ4n) is 3.04. The molecule has 0 spiro atoms. The fourth-order valence-corrected chi connectivity index (χ4v) is 3.04. The number of hydrogen-bond donors (Lipinski definition) is 1. The van der Waals surface area contributed by atoms with Gasteiger partial charge in [0.25, 0.3) is 0 Å². The van der Waals surface area contributed by atoms with E-state index < -0.39 is 17.2 Å². The highest BCUT2D eigenvalue weighted by Gasteiger charge is 2.31. The van der Waals surface area contributed by atoms with Gasteiger partial charge in [0.15, 0.2) is 11.6 Å². The van der Waals surface area contributed by atoms with E-state index in [1.54, 1.807) is 23.1 Å². The normalized spacial score (nSPS) is 16.9. The van der Waals surface area contributed by atoms with Crippen LogP contribution in [-0.2, 0) is 4.74 Å². The molecule has 2 aromatic rings. The first-order valence-corrected chi connectivity index (χ1v) is 9.12. The highest BCUT2D eigenvalue weighted by molar-refractivity contribution is 5.74. The van der Waals surface area contributed by atoms with Crippen LogP contribution >= 0.6 is 0 Å². The van der Waals surface area contributed by atoms with Crippen molar-refractivity contribution in [3.05, 3.63) is 48.0 Å². The van der Waals surface area contributed by atoms with Gasteiger partial charge < -0.3 is 20.1 Å². The number of halogens is 2. The van der Waals surface area contributed by atoms with Gasteiger partial charge in [-0.2, -0.15) is 0 Å². The van der Waals surface area contributed by atoms with E-state index in [9.17, 15) is 13.6 Å². The summed E-state index contributed by atoms with van der Waals surface area (Å²) in [6.07, 6.45) is 0.0258. The molecular weight excluding hydrogens is 366 g/mol. The van der Waals surface area contributed by atoms with Crippen molar-refractivity contribution >= 4 is 11.8 Å². The van der Waals surface area contributed by atoms with Crippen molar-refractivity contribution in [2.45, 2.75) is 38.9 Å². The number of carbonyl (C=O) groups is 1. The Kier molecular flexibility index (Phi) is 5.45. The Morgan fingerprint density at radius 3 is 2.57 bits per heavy atom. The van der Waals surface area contributed by atoms with Crippen LogP contribution in [0.25, 0.3) is 11.1 Å². The largest absolute Gasteiger partial charge is 0.488 e. The van der Waals surface area contributed by atoms with Gasteiger partial charge in [-0.05, 0) is 56.7 Å². The molecule has 1 fully saturated rings. The van der Waals surface area contributed by atoms with E-state index in [1.165, 1.54) is 6.07 Å². The molecule has 150 valence electrons. The highest BCUT2D eigenvalue weighted by Crippen LogP contribution is 2.34. The van der Waals surface area contributed by atoms with Gasteiger partial charge in [0.2, 0.25) is 0 Å². The number of nitrogens with zero attached hydrogens (tertiary/aromatic N) is 1. The molecule has 0 aromatic heterocycles. The van der Waals surface area contributed by atoms with Crippen LogP contribution < -0.4 is 10.5 Å². The number of amides is 1. The van der Waals surface area contributed by atoms with E-state index in [4.69, 9.17) is 15.2 Å². The summed E-state index contributed by atoms with van der Waals surface area (Å²) in [7, 11) is 0. The third-order valence-corrected chi connectivity index (χ3v) is 4.32. The SMILES string of the molecule is CC(C)(C)OC(=O)N1CC[C@H](Oc2ccc(N)cc2-c2ccc(F)c(F)c2)C1. The van der Waals surface area contributed by atoms with Gasteiger partial charge >= 0.3 is 6.09 Å². The second-order valence-corrected chi connectivity index (χ2v) is 7.84. The zero-order valence-electron chi connectivity index (χ0n) is 16.2. The number of rotatable bonds is 3. The van der Waals surface area contributed by atoms with Crippen LogP contribution in [-0.4, -0.2) is 35.8 Å².